The highest BCUT2D eigenvalue weighted by molar-refractivity contribution is 7.89. The normalized spacial score (nSPS) is 12.4. The number of anilines is 1. The predicted molar refractivity (Wildman–Crippen MR) is 78.8 cm³/mol. The highest BCUT2D eigenvalue weighted by Gasteiger charge is 2.28. The Bertz CT molecular complexity index is 642. The summed E-state index contributed by atoms with van der Waals surface area (Å²) < 4.78 is 26.7. The van der Waals surface area contributed by atoms with E-state index in [0.29, 0.717) is 11.3 Å². The van der Waals surface area contributed by atoms with Gasteiger partial charge in [-0.2, -0.15) is 0 Å². The molecule has 0 unspecified atom stereocenters. The second-order valence-corrected chi connectivity index (χ2v) is 7.35. The molecule has 0 radical (unpaired) electrons. The van der Waals surface area contributed by atoms with Gasteiger partial charge in [-0.15, -0.1) is 0 Å². The highest BCUT2D eigenvalue weighted by atomic mass is 35.5. The van der Waals surface area contributed by atoms with Crippen molar-refractivity contribution in [3.05, 3.63) is 22.7 Å². The Kier molecular flexibility index (Phi) is 4.68. The van der Waals surface area contributed by atoms with Gasteiger partial charge in [0.25, 0.3) is 0 Å². The number of hydrogen-bond acceptors (Lipinski definition) is 4. The van der Waals surface area contributed by atoms with Gasteiger partial charge in [0.1, 0.15) is 4.90 Å². The molecule has 1 amide bonds. The van der Waals surface area contributed by atoms with E-state index in [1.54, 1.807) is 20.8 Å². The number of rotatable bonds is 5. The van der Waals surface area contributed by atoms with Crippen molar-refractivity contribution >= 4 is 33.2 Å². The Hall–Kier alpha value is -1.31. The van der Waals surface area contributed by atoms with Crippen molar-refractivity contribution in [1.82, 2.24) is 4.72 Å². The van der Waals surface area contributed by atoms with Crippen molar-refractivity contribution in [2.24, 2.45) is 11.1 Å². The minimum atomic E-state index is -3.87. The molecule has 0 bridgehead atoms. The van der Waals surface area contributed by atoms with Crippen molar-refractivity contribution in [1.29, 1.82) is 0 Å². The van der Waals surface area contributed by atoms with Crippen LogP contribution in [0.5, 0.6) is 0 Å². The van der Waals surface area contributed by atoms with E-state index in [1.807, 2.05) is 0 Å². The molecule has 112 valence electrons. The number of nitrogen functional groups attached to an aromatic ring is 1. The quantitative estimate of drug-likeness (QED) is 0.703. The lowest BCUT2D eigenvalue weighted by Gasteiger charge is -2.21. The van der Waals surface area contributed by atoms with Gasteiger partial charge in [-0.05, 0) is 38.5 Å². The maximum absolute atomic E-state index is 12.2. The minimum Gasteiger partial charge on any atom is -0.398 e. The summed E-state index contributed by atoms with van der Waals surface area (Å²) >= 11 is 5.93. The topological polar surface area (TPSA) is 115 Å². The number of hydrogen-bond donors (Lipinski definition) is 3. The fraction of sp³-hybridized carbons (Fsp3) is 0.417. The van der Waals surface area contributed by atoms with Gasteiger partial charge in [0.15, 0.2) is 0 Å². The number of carbonyl (C=O) groups is 1. The summed E-state index contributed by atoms with van der Waals surface area (Å²) in [5.74, 6) is -0.602. The summed E-state index contributed by atoms with van der Waals surface area (Å²) in [5.41, 5.74) is 10.9. The van der Waals surface area contributed by atoms with Crippen LogP contribution in [-0.2, 0) is 14.8 Å². The summed E-state index contributed by atoms with van der Waals surface area (Å²) in [6, 6.07) is 2.77. The van der Waals surface area contributed by atoms with Crippen LogP contribution in [0.1, 0.15) is 19.4 Å². The molecule has 0 aliphatic carbocycles. The smallest absolute Gasteiger partial charge is 0.242 e. The molecule has 0 aromatic heterocycles. The van der Waals surface area contributed by atoms with Crippen LogP contribution in [0.3, 0.4) is 0 Å². The van der Waals surface area contributed by atoms with Crippen LogP contribution >= 0.6 is 11.6 Å². The minimum absolute atomic E-state index is 0.0704. The molecule has 5 N–H and O–H groups in total. The molecule has 0 spiro atoms. The number of carbonyl (C=O) groups excluding carboxylic acids is 1. The summed E-state index contributed by atoms with van der Waals surface area (Å²) in [5, 5.41) is 0.0704. The van der Waals surface area contributed by atoms with Gasteiger partial charge in [-0.3, -0.25) is 4.79 Å². The molecule has 0 heterocycles. The second kappa shape index (κ2) is 5.59. The van der Waals surface area contributed by atoms with Crippen LogP contribution in [0.2, 0.25) is 5.02 Å². The molecule has 1 aromatic carbocycles. The van der Waals surface area contributed by atoms with Gasteiger partial charge < -0.3 is 11.5 Å². The third-order valence-electron chi connectivity index (χ3n) is 2.98. The molecule has 20 heavy (non-hydrogen) atoms. The van der Waals surface area contributed by atoms with Crippen LogP contribution in [-0.4, -0.2) is 20.9 Å². The van der Waals surface area contributed by atoms with Crippen molar-refractivity contribution in [3.8, 4) is 0 Å². The molecule has 6 nitrogen and oxygen atoms in total. The van der Waals surface area contributed by atoms with Crippen molar-refractivity contribution in [2.45, 2.75) is 25.7 Å². The van der Waals surface area contributed by atoms with Gasteiger partial charge >= 0.3 is 0 Å². The molecule has 1 rings (SSSR count). The SMILES string of the molecule is Cc1cc(Cl)c(S(=O)(=O)NCC(C)(C)C(N)=O)cc1N. The van der Waals surface area contributed by atoms with Crippen molar-refractivity contribution in [3.63, 3.8) is 0 Å². The first kappa shape index (κ1) is 16.7. The number of nitrogens with two attached hydrogens (primary N) is 2. The van der Waals surface area contributed by atoms with E-state index >= 15 is 0 Å². The van der Waals surface area contributed by atoms with Gasteiger partial charge in [-0.25, -0.2) is 13.1 Å². The van der Waals surface area contributed by atoms with Crippen molar-refractivity contribution in [2.75, 3.05) is 12.3 Å². The predicted octanol–water partition coefficient (Wildman–Crippen LogP) is 1.02. The van der Waals surface area contributed by atoms with Gasteiger partial charge in [0.05, 0.1) is 10.4 Å². The Morgan fingerprint density at radius 2 is 1.95 bits per heavy atom. The lowest BCUT2D eigenvalue weighted by atomic mass is 9.93. The molecular weight excluding hydrogens is 302 g/mol. The van der Waals surface area contributed by atoms with E-state index in [1.165, 1.54) is 12.1 Å². The van der Waals surface area contributed by atoms with Crippen LogP contribution in [0.15, 0.2) is 17.0 Å². The number of primary amides is 1. The fourth-order valence-corrected chi connectivity index (χ4v) is 3.14. The molecule has 1 aromatic rings. The van der Waals surface area contributed by atoms with Gasteiger partial charge in [0.2, 0.25) is 15.9 Å². The van der Waals surface area contributed by atoms with E-state index < -0.39 is 21.3 Å². The van der Waals surface area contributed by atoms with Crippen LogP contribution in [0.4, 0.5) is 5.69 Å². The first-order valence-electron chi connectivity index (χ1n) is 5.82. The summed E-state index contributed by atoms with van der Waals surface area (Å²) in [6.07, 6.45) is 0. The van der Waals surface area contributed by atoms with E-state index in [-0.39, 0.29) is 16.5 Å². The molecule has 0 aliphatic rings. The summed E-state index contributed by atoms with van der Waals surface area (Å²) in [7, 11) is -3.87. The van der Waals surface area contributed by atoms with Crippen LogP contribution in [0, 0.1) is 12.3 Å². The fourth-order valence-electron chi connectivity index (χ4n) is 1.31. The average molecular weight is 320 g/mol. The van der Waals surface area contributed by atoms with E-state index in [9.17, 15) is 13.2 Å². The average Bonchev–Trinajstić information content (AvgIpc) is 2.31. The summed E-state index contributed by atoms with van der Waals surface area (Å²) in [4.78, 5) is 11.1. The number of benzene rings is 1. The number of sulfonamides is 1. The summed E-state index contributed by atoms with van der Waals surface area (Å²) in [6.45, 7) is 4.68. The first-order chi connectivity index (χ1) is 8.97. The van der Waals surface area contributed by atoms with Crippen molar-refractivity contribution < 1.29 is 13.2 Å². The van der Waals surface area contributed by atoms with Gasteiger partial charge in [0, 0.05) is 12.2 Å². The number of amides is 1. The van der Waals surface area contributed by atoms with E-state index in [2.05, 4.69) is 4.72 Å². The molecule has 0 saturated carbocycles. The zero-order valence-corrected chi connectivity index (χ0v) is 13.1. The lowest BCUT2D eigenvalue weighted by Crippen LogP contribution is -2.42. The van der Waals surface area contributed by atoms with E-state index in [4.69, 9.17) is 23.1 Å². The Balaban J connectivity index is 3.07. The number of aryl methyl sites for hydroxylation is 1. The standard InChI is InChI=1S/C12H18ClN3O3S/c1-7-4-8(13)10(5-9(7)14)20(18,19)16-6-12(2,3)11(15)17/h4-5,16H,6,14H2,1-3H3,(H2,15,17). The molecule has 0 fully saturated rings. The maximum atomic E-state index is 12.2. The highest BCUT2D eigenvalue weighted by Crippen LogP contribution is 2.27. The maximum Gasteiger partial charge on any atom is 0.242 e. The molecule has 0 saturated heterocycles. The lowest BCUT2D eigenvalue weighted by molar-refractivity contribution is -0.125. The Labute approximate surface area is 123 Å². The number of nitrogens with one attached hydrogen (secondary N) is 1. The number of halogens is 1. The molecule has 8 heteroatoms. The monoisotopic (exact) mass is 319 g/mol. The second-order valence-electron chi connectivity index (χ2n) is 5.21. The van der Waals surface area contributed by atoms with Crippen LogP contribution < -0.4 is 16.2 Å². The molecule has 0 atom stereocenters. The first-order valence-corrected chi connectivity index (χ1v) is 7.68. The zero-order chi connectivity index (χ0) is 15.7. The van der Waals surface area contributed by atoms with Gasteiger partial charge in [-0.1, -0.05) is 11.6 Å². The Morgan fingerprint density at radius 1 is 1.40 bits per heavy atom. The third-order valence-corrected chi connectivity index (χ3v) is 4.85. The Morgan fingerprint density at radius 3 is 2.45 bits per heavy atom. The zero-order valence-electron chi connectivity index (χ0n) is 11.5. The van der Waals surface area contributed by atoms with Crippen LogP contribution in [0.25, 0.3) is 0 Å². The molecule has 0 aliphatic heterocycles. The largest absolute Gasteiger partial charge is 0.398 e. The van der Waals surface area contributed by atoms with E-state index in [0.717, 1.165) is 0 Å². The third kappa shape index (κ3) is 3.62. The molecular formula is C12H18ClN3O3S.